The molecule has 0 radical (unpaired) electrons. The zero-order valence-electron chi connectivity index (χ0n) is 15.8. The molecule has 28 heavy (non-hydrogen) atoms. The molecule has 1 aliphatic rings. The van der Waals surface area contributed by atoms with Gasteiger partial charge in [0.15, 0.2) is 11.5 Å². The number of aryl methyl sites for hydroxylation is 1. The first kappa shape index (κ1) is 20.0. The summed E-state index contributed by atoms with van der Waals surface area (Å²) in [4.78, 5) is 12.4. The van der Waals surface area contributed by atoms with E-state index in [-0.39, 0.29) is 25.0 Å². The Bertz CT molecular complexity index is 915. The molecule has 0 aliphatic carbocycles. The minimum absolute atomic E-state index is 0.0984. The summed E-state index contributed by atoms with van der Waals surface area (Å²) in [7, 11) is -3.62. The smallest absolute Gasteiger partial charge is 0.240 e. The lowest BCUT2D eigenvalue weighted by atomic mass is 10.1. The molecular formula is C20H24N2O5S. The maximum Gasteiger partial charge on any atom is 0.240 e. The number of ether oxygens (including phenoxy) is 2. The average molecular weight is 404 g/mol. The van der Waals surface area contributed by atoms with Crippen LogP contribution in [0.1, 0.15) is 18.9 Å². The minimum Gasteiger partial charge on any atom is -0.454 e. The molecule has 0 atom stereocenters. The second kappa shape index (κ2) is 8.97. The maximum atomic E-state index is 12.5. The first-order valence-electron chi connectivity index (χ1n) is 9.20. The van der Waals surface area contributed by atoms with E-state index in [1.165, 1.54) is 5.56 Å². The van der Waals surface area contributed by atoms with E-state index in [0.717, 1.165) is 17.1 Å². The van der Waals surface area contributed by atoms with Crippen molar-refractivity contribution in [2.75, 3.05) is 29.9 Å². The van der Waals surface area contributed by atoms with E-state index in [4.69, 9.17) is 9.47 Å². The largest absolute Gasteiger partial charge is 0.454 e. The third-order valence-corrected chi connectivity index (χ3v) is 6.18. The van der Waals surface area contributed by atoms with E-state index in [2.05, 4.69) is 5.32 Å². The van der Waals surface area contributed by atoms with Gasteiger partial charge in [0.25, 0.3) is 0 Å². The molecule has 3 rings (SSSR count). The van der Waals surface area contributed by atoms with E-state index in [0.29, 0.717) is 23.7 Å². The second-order valence-electron chi connectivity index (χ2n) is 6.38. The van der Waals surface area contributed by atoms with Crippen molar-refractivity contribution in [1.29, 1.82) is 0 Å². The van der Waals surface area contributed by atoms with Gasteiger partial charge in [0, 0.05) is 12.6 Å². The number of nitrogens with zero attached hydrogens (tertiary/aromatic N) is 1. The molecule has 0 aromatic heterocycles. The number of benzene rings is 2. The molecule has 0 unspecified atom stereocenters. The summed E-state index contributed by atoms with van der Waals surface area (Å²) < 4.78 is 36.7. The minimum atomic E-state index is -3.62. The summed E-state index contributed by atoms with van der Waals surface area (Å²) in [5.41, 5.74) is 1.58. The molecule has 150 valence electrons. The topological polar surface area (TPSA) is 84.9 Å². The van der Waals surface area contributed by atoms with Crippen molar-refractivity contribution in [1.82, 2.24) is 5.32 Å². The number of amides is 1. The first-order valence-corrected chi connectivity index (χ1v) is 10.8. The maximum absolute atomic E-state index is 12.5. The highest BCUT2D eigenvalue weighted by molar-refractivity contribution is 7.92. The van der Waals surface area contributed by atoms with Crippen molar-refractivity contribution in [3.63, 3.8) is 0 Å². The van der Waals surface area contributed by atoms with Gasteiger partial charge in [-0.25, -0.2) is 8.42 Å². The summed E-state index contributed by atoms with van der Waals surface area (Å²) in [6, 6.07) is 14.8. The number of nitrogens with one attached hydrogen (secondary N) is 1. The predicted octanol–water partition coefficient (Wildman–Crippen LogP) is 2.32. The standard InChI is InChI=1S/C20H24N2O5S/c1-2-28(24,25)22(17-10-11-18-19(13-17)27-15-26-18)14-20(23)21-12-6-9-16-7-4-3-5-8-16/h3-5,7-8,10-11,13H,2,6,9,12,14-15H2,1H3,(H,21,23). The Labute approximate surface area is 165 Å². The number of sulfonamides is 1. The van der Waals surface area contributed by atoms with Crippen LogP contribution < -0.4 is 19.1 Å². The molecule has 0 spiro atoms. The summed E-state index contributed by atoms with van der Waals surface area (Å²) >= 11 is 0. The molecule has 1 amide bonds. The molecular weight excluding hydrogens is 380 g/mol. The predicted molar refractivity (Wildman–Crippen MR) is 107 cm³/mol. The lowest BCUT2D eigenvalue weighted by Crippen LogP contribution is -2.41. The summed E-state index contributed by atoms with van der Waals surface area (Å²) in [5.74, 6) is 0.575. The third-order valence-electron chi connectivity index (χ3n) is 4.44. The normalized spacial score (nSPS) is 12.6. The van der Waals surface area contributed by atoms with Crippen molar-refractivity contribution >= 4 is 21.6 Å². The zero-order chi connectivity index (χ0) is 20.0. The highest BCUT2D eigenvalue weighted by atomic mass is 32.2. The fraction of sp³-hybridized carbons (Fsp3) is 0.350. The van der Waals surface area contributed by atoms with Crippen LogP contribution in [0.15, 0.2) is 48.5 Å². The zero-order valence-corrected chi connectivity index (χ0v) is 16.6. The van der Waals surface area contributed by atoms with Crippen LogP contribution in [0.5, 0.6) is 11.5 Å². The summed E-state index contributed by atoms with van der Waals surface area (Å²) in [5, 5.41) is 2.80. The molecule has 0 bridgehead atoms. The Morgan fingerprint density at radius 2 is 1.86 bits per heavy atom. The Morgan fingerprint density at radius 1 is 1.11 bits per heavy atom. The van der Waals surface area contributed by atoms with Crippen LogP contribution in [0.2, 0.25) is 0 Å². The fourth-order valence-corrected chi connectivity index (χ4v) is 3.96. The Kier molecular flexibility index (Phi) is 6.41. The van der Waals surface area contributed by atoms with E-state index in [9.17, 15) is 13.2 Å². The third kappa shape index (κ3) is 4.95. The number of anilines is 1. The van der Waals surface area contributed by atoms with Crippen molar-refractivity contribution in [3.8, 4) is 11.5 Å². The summed E-state index contributed by atoms with van der Waals surface area (Å²) in [6.45, 7) is 1.85. The van der Waals surface area contributed by atoms with Crippen LogP contribution in [0.25, 0.3) is 0 Å². The average Bonchev–Trinajstić information content (AvgIpc) is 3.18. The molecule has 0 fully saturated rings. The molecule has 8 heteroatoms. The highest BCUT2D eigenvalue weighted by Crippen LogP contribution is 2.36. The fourth-order valence-electron chi connectivity index (χ4n) is 2.90. The van der Waals surface area contributed by atoms with Gasteiger partial charge in [0.2, 0.25) is 22.7 Å². The molecule has 1 N–H and O–H groups in total. The molecule has 1 aliphatic heterocycles. The molecule has 0 saturated carbocycles. The van der Waals surface area contributed by atoms with Gasteiger partial charge < -0.3 is 14.8 Å². The lowest BCUT2D eigenvalue weighted by molar-refractivity contribution is -0.119. The first-order chi connectivity index (χ1) is 13.5. The van der Waals surface area contributed by atoms with E-state index < -0.39 is 10.0 Å². The van der Waals surface area contributed by atoms with Crippen LogP contribution in [-0.2, 0) is 21.2 Å². The van der Waals surface area contributed by atoms with Crippen LogP contribution in [-0.4, -0.2) is 40.0 Å². The van der Waals surface area contributed by atoms with E-state index >= 15 is 0 Å². The number of fused-ring (bicyclic) bond motifs is 1. The van der Waals surface area contributed by atoms with Gasteiger partial charge in [-0.2, -0.15) is 0 Å². The van der Waals surface area contributed by atoms with Crippen LogP contribution in [0.3, 0.4) is 0 Å². The van der Waals surface area contributed by atoms with Gasteiger partial charge in [0.1, 0.15) is 6.54 Å². The van der Waals surface area contributed by atoms with Crippen molar-refractivity contribution in [2.45, 2.75) is 19.8 Å². The molecule has 2 aromatic rings. The molecule has 1 heterocycles. The van der Waals surface area contributed by atoms with Crippen molar-refractivity contribution < 1.29 is 22.7 Å². The Hall–Kier alpha value is -2.74. The molecule has 0 saturated heterocycles. The lowest BCUT2D eigenvalue weighted by Gasteiger charge is -2.23. The van der Waals surface area contributed by atoms with Gasteiger partial charge in [-0.1, -0.05) is 30.3 Å². The van der Waals surface area contributed by atoms with Gasteiger partial charge in [-0.05, 0) is 37.5 Å². The highest BCUT2D eigenvalue weighted by Gasteiger charge is 2.25. The van der Waals surface area contributed by atoms with Crippen LogP contribution >= 0.6 is 0 Å². The van der Waals surface area contributed by atoms with Crippen molar-refractivity contribution in [3.05, 3.63) is 54.1 Å². The van der Waals surface area contributed by atoms with E-state index in [1.807, 2.05) is 30.3 Å². The van der Waals surface area contributed by atoms with Crippen molar-refractivity contribution in [2.24, 2.45) is 0 Å². The number of carbonyl (C=O) groups is 1. The quantitative estimate of drug-likeness (QED) is 0.649. The Balaban J connectivity index is 1.61. The van der Waals surface area contributed by atoms with Gasteiger partial charge in [-0.15, -0.1) is 0 Å². The van der Waals surface area contributed by atoms with Gasteiger partial charge in [-0.3, -0.25) is 9.10 Å². The Morgan fingerprint density at radius 3 is 2.61 bits per heavy atom. The van der Waals surface area contributed by atoms with Gasteiger partial charge >= 0.3 is 0 Å². The SMILES string of the molecule is CCS(=O)(=O)N(CC(=O)NCCCc1ccccc1)c1ccc2c(c1)OCO2. The van der Waals surface area contributed by atoms with Crippen LogP contribution in [0, 0.1) is 0 Å². The molecule has 7 nitrogen and oxygen atoms in total. The monoisotopic (exact) mass is 404 g/mol. The number of carbonyl (C=O) groups excluding carboxylic acids is 1. The number of hydrogen-bond donors (Lipinski definition) is 1. The number of rotatable bonds is 9. The number of hydrogen-bond acceptors (Lipinski definition) is 5. The second-order valence-corrected chi connectivity index (χ2v) is 8.57. The van der Waals surface area contributed by atoms with Gasteiger partial charge in [0.05, 0.1) is 11.4 Å². The van der Waals surface area contributed by atoms with E-state index in [1.54, 1.807) is 25.1 Å². The molecule has 2 aromatic carbocycles. The van der Waals surface area contributed by atoms with Crippen LogP contribution in [0.4, 0.5) is 5.69 Å². The summed E-state index contributed by atoms with van der Waals surface area (Å²) in [6.07, 6.45) is 1.63.